The summed E-state index contributed by atoms with van der Waals surface area (Å²) >= 11 is 1.25. The van der Waals surface area contributed by atoms with Crippen LogP contribution < -0.4 is 10.5 Å². The number of hydrogen-bond donors (Lipinski definition) is 1. The average Bonchev–Trinajstić information content (AvgIpc) is 2.42. The predicted octanol–water partition coefficient (Wildman–Crippen LogP) is 3.99. The van der Waals surface area contributed by atoms with Gasteiger partial charge in [0.2, 0.25) is 5.88 Å². The zero-order valence-electron chi connectivity index (χ0n) is 11.5. The van der Waals surface area contributed by atoms with Crippen molar-refractivity contribution < 1.29 is 9.13 Å². The van der Waals surface area contributed by atoms with E-state index in [0.29, 0.717) is 34.0 Å². The Balaban J connectivity index is 2.17. The van der Waals surface area contributed by atoms with Crippen LogP contribution in [0.1, 0.15) is 13.8 Å². The smallest absolute Gasteiger partial charge is 0.238 e. The molecule has 0 fully saturated rings. The molecule has 2 aromatic rings. The minimum atomic E-state index is -0.263. The lowest BCUT2D eigenvalue weighted by Crippen LogP contribution is -2.07. The number of rotatable bonds is 5. The maximum atomic E-state index is 13.6. The molecule has 0 amide bonds. The topological polar surface area (TPSA) is 48.1 Å². The Morgan fingerprint density at radius 3 is 2.70 bits per heavy atom. The van der Waals surface area contributed by atoms with Gasteiger partial charge in [0.05, 0.1) is 12.3 Å². The molecule has 1 heterocycles. The van der Waals surface area contributed by atoms with E-state index in [1.54, 1.807) is 30.3 Å². The van der Waals surface area contributed by atoms with Crippen LogP contribution in [0.25, 0.3) is 0 Å². The fourth-order valence-electron chi connectivity index (χ4n) is 1.49. The van der Waals surface area contributed by atoms with Crippen LogP contribution >= 0.6 is 11.8 Å². The molecule has 1 aromatic heterocycles. The summed E-state index contributed by atoms with van der Waals surface area (Å²) < 4.78 is 19.2. The molecule has 2 N–H and O–H groups in total. The third kappa shape index (κ3) is 3.87. The number of benzene rings is 1. The van der Waals surface area contributed by atoms with Gasteiger partial charge in [0.1, 0.15) is 10.8 Å². The first kappa shape index (κ1) is 14.7. The molecule has 0 saturated carbocycles. The quantitative estimate of drug-likeness (QED) is 0.905. The monoisotopic (exact) mass is 292 g/mol. The summed E-state index contributed by atoms with van der Waals surface area (Å²) in [6.07, 6.45) is 0. The number of nitrogen functional groups attached to an aromatic ring is 1. The van der Waals surface area contributed by atoms with Gasteiger partial charge in [0.15, 0.2) is 0 Å². The number of halogens is 1. The van der Waals surface area contributed by atoms with E-state index in [-0.39, 0.29) is 5.82 Å². The molecule has 0 aliphatic heterocycles. The summed E-state index contributed by atoms with van der Waals surface area (Å²) in [6.45, 7) is 4.65. The molecule has 0 bridgehead atoms. The van der Waals surface area contributed by atoms with Crippen molar-refractivity contribution in [1.82, 2.24) is 4.98 Å². The molecule has 0 aliphatic rings. The third-order valence-corrected chi connectivity index (χ3v) is 3.46. The van der Waals surface area contributed by atoms with E-state index >= 15 is 0 Å². The van der Waals surface area contributed by atoms with E-state index in [2.05, 4.69) is 4.98 Å². The van der Waals surface area contributed by atoms with Gasteiger partial charge in [-0.15, -0.1) is 0 Å². The van der Waals surface area contributed by atoms with E-state index < -0.39 is 0 Å². The first-order valence-electron chi connectivity index (χ1n) is 6.38. The van der Waals surface area contributed by atoms with Crippen LogP contribution in [0.3, 0.4) is 0 Å². The average molecular weight is 292 g/mol. The van der Waals surface area contributed by atoms with Crippen LogP contribution in [0.5, 0.6) is 5.88 Å². The Hall–Kier alpha value is -1.75. The van der Waals surface area contributed by atoms with Crippen LogP contribution in [-0.2, 0) is 0 Å². The third-order valence-electron chi connectivity index (χ3n) is 2.47. The van der Waals surface area contributed by atoms with Crippen molar-refractivity contribution in [2.45, 2.75) is 23.8 Å². The number of hydrogen-bond acceptors (Lipinski definition) is 4. The van der Waals surface area contributed by atoms with E-state index in [1.807, 2.05) is 13.8 Å². The summed E-state index contributed by atoms with van der Waals surface area (Å²) in [5, 5.41) is 0.656. The Labute approximate surface area is 122 Å². The molecule has 106 valence electrons. The number of ether oxygens (including phenoxy) is 1. The standard InChI is InChI=1S/C15H17FN2OS/c1-10(2)9-19-15-12(17)7-8-14(18-15)20-13-6-4-3-5-11(13)16/h3-8,10H,9,17H2,1-2H3. The Morgan fingerprint density at radius 1 is 1.25 bits per heavy atom. The van der Waals surface area contributed by atoms with Crippen molar-refractivity contribution in [3.05, 3.63) is 42.2 Å². The van der Waals surface area contributed by atoms with Crippen LogP contribution in [-0.4, -0.2) is 11.6 Å². The lowest BCUT2D eigenvalue weighted by atomic mass is 10.2. The lowest BCUT2D eigenvalue weighted by Gasteiger charge is -2.11. The van der Waals surface area contributed by atoms with Crippen LogP contribution in [0.15, 0.2) is 46.3 Å². The van der Waals surface area contributed by atoms with Crippen LogP contribution in [0.2, 0.25) is 0 Å². The molecule has 2 rings (SSSR count). The van der Waals surface area contributed by atoms with E-state index in [0.717, 1.165) is 0 Å². The molecule has 1 aromatic carbocycles. The van der Waals surface area contributed by atoms with E-state index in [9.17, 15) is 4.39 Å². The van der Waals surface area contributed by atoms with Gasteiger partial charge in [-0.1, -0.05) is 37.7 Å². The molecule has 0 atom stereocenters. The summed E-state index contributed by atoms with van der Waals surface area (Å²) in [7, 11) is 0. The van der Waals surface area contributed by atoms with Gasteiger partial charge in [-0.2, -0.15) is 0 Å². The van der Waals surface area contributed by atoms with Crippen molar-refractivity contribution in [2.24, 2.45) is 5.92 Å². The maximum Gasteiger partial charge on any atom is 0.238 e. The second-order valence-corrected chi connectivity index (χ2v) is 5.84. The van der Waals surface area contributed by atoms with Crippen LogP contribution in [0.4, 0.5) is 10.1 Å². The molecule has 5 heteroatoms. The molecule has 0 spiro atoms. The first-order valence-corrected chi connectivity index (χ1v) is 7.19. The Morgan fingerprint density at radius 2 is 2.00 bits per heavy atom. The van der Waals surface area contributed by atoms with Crippen molar-refractivity contribution in [1.29, 1.82) is 0 Å². The summed E-state index contributed by atoms with van der Waals surface area (Å²) in [6, 6.07) is 10.1. The van der Waals surface area contributed by atoms with Crippen molar-refractivity contribution >= 4 is 17.4 Å². The van der Waals surface area contributed by atoms with E-state index in [4.69, 9.17) is 10.5 Å². The highest BCUT2D eigenvalue weighted by atomic mass is 32.2. The zero-order valence-corrected chi connectivity index (χ0v) is 12.3. The first-order chi connectivity index (χ1) is 9.56. The fraction of sp³-hybridized carbons (Fsp3) is 0.267. The molecule has 0 saturated heterocycles. The second kappa shape index (κ2) is 6.61. The van der Waals surface area contributed by atoms with Crippen molar-refractivity contribution in [2.75, 3.05) is 12.3 Å². The molecule has 3 nitrogen and oxygen atoms in total. The molecule has 0 radical (unpaired) electrons. The van der Waals surface area contributed by atoms with E-state index in [1.165, 1.54) is 17.8 Å². The van der Waals surface area contributed by atoms with Crippen molar-refractivity contribution in [3.63, 3.8) is 0 Å². The minimum Gasteiger partial charge on any atom is -0.476 e. The number of anilines is 1. The lowest BCUT2D eigenvalue weighted by molar-refractivity contribution is 0.261. The number of nitrogens with zero attached hydrogens (tertiary/aromatic N) is 1. The summed E-state index contributed by atoms with van der Waals surface area (Å²) in [4.78, 5) is 4.86. The SMILES string of the molecule is CC(C)COc1nc(Sc2ccccc2F)ccc1N. The van der Waals surface area contributed by atoms with Gasteiger partial charge in [0.25, 0.3) is 0 Å². The largest absolute Gasteiger partial charge is 0.476 e. The fourth-order valence-corrected chi connectivity index (χ4v) is 2.29. The van der Waals surface area contributed by atoms with Crippen LogP contribution in [0, 0.1) is 11.7 Å². The van der Waals surface area contributed by atoms with Gasteiger partial charge in [-0.3, -0.25) is 0 Å². The van der Waals surface area contributed by atoms with Gasteiger partial charge in [0, 0.05) is 4.90 Å². The van der Waals surface area contributed by atoms with Crippen molar-refractivity contribution in [3.8, 4) is 5.88 Å². The zero-order chi connectivity index (χ0) is 14.5. The summed E-state index contributed by atoms with van der Waals surface area (Å²) in [5.41, 5.74) is 6.32. The van der Waals surface area contributed by atoms with Gasteiger partial charge < -0.3 is 10.5 Å². The molecule has 0 unspecified atom stereocenters. The number of pyridine rings is 1. The number of nitrogens with two attached hydrogens (primary N) is 1. The highest BCUT2D eigenvalue weighted by molar-refractivity contribution is 7.99. The molecule has 20 heavy (non-hydrogen) atoms. The number of aromatic nitrogens is 1. The summed E-state index contributed by atoms with van der Waals surface area (Å²) in [5.74, 6) is 0.528. The molecular formula is C15H17FN2OS. The maximum absolute atomic E-state index is 13.6. The predicted molar refractivity (Wildman–Crippen MR) is 79.5 cm³/mol. The molecular weight excluding hydrogens is 275 g/mol. The van der Waals surface area contributed by atoms with Gasteiger partial charge >= 0.3 is 0 Å². The Kier molecular flexibility index (Phi) is 4.84. The van der Waals surface area contributed by atoms with Gasteiger partial charge in [-0.25, -0.2) is 9.37 Å². The minimum absolute atomic E-state index is 0.263. The normalized spacial score (nSPS) is 10.8. The molecule has 0 aliphatic carbocycles. The highest BCUT2D eigenvalue weighted by Gasteiger charge is 2.09. The Bertz CT molecular complexity index is 590. The highest BCUT2D eigenvalue weighted by Crippen LogP contribution is 2.31. The van der Waals surface area contributed by atoms with Gasteiger partial charge in [-0.05, 0) is 30.2 Å². The second-order valence-electron chi connectivity index (χ2n) is 4.78.